The van der Waals surface area contributed by atoms with Crippen molar-refractivity contribution >= 4 is 0 Å². The molecule has 0 bridgehead atoms. The van der Waals surface area contributed by atoms with Gasteiger partial charge in [0.05, 0.1) is 0 Å². The molecule has 172 valence electrons. The molecule has 0 amide bonds. The molecule has 2 heteroatoms. The fourth-order valence-electron chi connectivity index (χ4n) is 7.20. The average Bonchev–Trinajstić information content (AvgIpc) is 2.78. The van der Waals surface area contributed by atoms with Crippen LogP contribution in [0.25, 0.3) is 0 Å². The van der Waals surface area contributed by atoms with Gasteiger partial charge >= 0.3 is 0 Å². The molecule has 31 heavy (non-hydrogen) atoms. The van der Waals surface area contributed by atoms with Gasteiger partial charge in [-0.15, -0.1) is 6.58 Å². The highest BCUT2D eigenvalue weighted by molar-refractivity contribution is 5.37. The first-order valence-electron chi connectivity index (χ1n) is 13.2. The van der Waals surface area contributed by atoms with Gasteiger partial charge in [0.1, 0.15) is 11.6 Å². The molecule has 0 nitrogen and oxygen atoms in total. The van der Waals surface area contributed by atoms with Crippen molar-refractivity contribution in [2.45, 2.75) is 103 Å². The maximum absolute atomic E-state index is 15.0. The van der Waals surface area contributed by atoms with Gasteiger partial charge in [-0.05, 0) is 111 Å². The number of halogens is 2. The van der Waals surface area contributed by atoms with Crippen LogP contribution >= 0.6 is 0 Å². The maximum atomic E-state index is 15.0. The highest BCUT2D eigenvalue weighted by atomic mass is 19.1. The molecule has 2 fully saturated rings. The van der Waals surface area contributed by atoms with Crippen LogP contribution in [0, 0.1) is 41.2 Å². The lowest BCUT2D eigenvalue weighted by molar-refractivity contribution is 0.0688. The van der Waals surface area contributed by atoms with Crippen LogP contribution in [0.2, 0.25) is 0 Å². The van der Waals surface area contributed by atoms with Crippen LogP contribution in [-0.2, 0) is 19.3 Å². The highest BCUT2D eigenvalue weighted by Gasteiger charge is 2.39. The molecule has 5 atom stereocenters. The number of hydrogen-bond acceptors (Lipinski definition) is 0. The second-order valence-corrected chi connectivity index (χ2v) is 10.9. The Kier molecular flexibility index (Phi) is 7.88. The Morgan fingerprint density at radius 3 is 2.48 bits per heavy atom. The topological polar surface area (TPSA) is 0 Å². The summed E-state index contributed by atoms with van der Waals surface area (Å²) in [5.74, 6) is 3.62. The second-order valence-electron chi connectivity index (χ2n) is 10.9. The molecular formula is C29H42F2. The first kappa shape index (κ1) is 23.0. The summed E-state index contributed by atoms with van der Waals surface area (Å²) in [5, 5.41) is 0. The molecule has 0 saturated heterocycles. The smallest absolute Gasteiger partial charge is 0.132 e. The summed E-state index contributed by atoms with van der Waals surface area (Å²) in [4.78, 5) is 0. The zero-order chi connectivity index (χ0) is 21.8. The zero-order valence-electron chi connectivity index (χ0n) is 19.6. The summed E-state index contributed by atoms with van der Waals surface area (Å²) in [5.41, 5.74) is 2.03. The van der Waals surface area contributed by atoms with Gasteiger partial charge in [-0.25, -0.2) is 8.78 Å². The molecule has 5 unspecified atom stereocenters. The van der Waals surface area contributed by atoms with Crippen molar-refractivity contribution in [2.75, 3.05) is 0 Å². The highest BCUT2D eigenvalue weighted by Crippen LogP contribution is 2.49. The fourth-order valence-corrected chi connectivity index (χ4v) is 7.20. The van der Waals surface area contributed by atoms with Crippen LogP contribution in [0.5, 0.6) is 0 Å². The minimum Gasteiger partial charge on any atom is -0.207 e. The Bertz CT molecular complexity index is 752. The summed E-state index contributed by atoms with van der Waals surface area (Å²) in [6.45, 7) is 5.99. The lowest BCUT2D eigenvalue weighted by Crippen LogP contribution is -2.35. The lowest BCUT2D eigenvalue weighted by Gasteiger charge is -2.45. The van der Waals surface area contributed by atoms with Gasteiger partial charge in [0.25, 0.3) is 0 Å². The van der Waals surface area contributed by atoms with E-state index in [1.807, 2.05) is 0 Å². The Morgan fingerprint density at radius 1 is 0.968 bits per heavy atom. The summed E-state index contributed by atoms with van der Waals surface area (Å²) < 4.78 is 29.6. The fraction of sp³-hybridized carbons (Fsp3) is 0.724. The van der Waals surface area contributed by atoms with E-state index in [0.717, 1.165) is 54.1 Å². The van der Waals surface area contributed by atoms with Gasteiger partial charge in [-0.1, -0.05) is 45.1 Å². The van der Waals surface area contributed by atoms with Crippen LogP contribution < -0.4 is 0 Å². The second kappa shape index (κ2) is 10.6. The van der Waals surface area contributed by atoms with Crippen molar-refractivity contribution in [1.82, 2.24) is 0 Å². The first-order chi connectivity index (χ1) is 15.1. The first-order valence-corrected chi connectivity index (χ1v) is 13.2. The Hall–Kier alpha value is -1.18. The van der Waals surface area contributed by atoms with Gasteiger partial charge in [-0.3, -0.25) is 0 Å². The third kappa shape index (κ3) is 5.25. The van der Waals surface area contributed by atoms with Crippen molar-refractivity contribution in [2.24, 2.45) is 29.6 Å². The minimum absolute atomic E-state index is 0.264. The predicted octanol–water partition coefficient (Wildman–Crippen LogP) is 8.60. The molecular weight excluding hydrogens is 386 g/mol. The monoisotopic (exact) mass is 428 g/mol. The Morgan fingerprint density at radius 2 is 1.71 bits per heavy atom. The normalized spacial score (nSPS) is 30.5. The van der Waals surface area contributed by atoms with Crippen molar-refractivity contribution in [3.8, 4) is 0 Å². The number of fused-ring (bicyclic) bond motifs is 2. The van der Waals surface area contributed by atoms with Crippen LogP contribution in [0.15, 0.2) is 18.7 Å². The lowest BCUT2D eigenvalue weighted by atomic mass is 9.60. The van der Waals surface area contributed by atoms with E-state index < -0.39 is 0 Å². The van der Waals surface area contributed by atoms with E-state index in [2.05, 4.69) is 13.5 Å². The number of hydrogen-bond donors (Lipinski definition) is 0. The molecule has 0 heterocycles. The summed E-state index contributed by atoms with van der Waals surface area (Å²) in [6, 6.07) is 1.66. The summed E-state index contributed by atoms with van der Waals surface area (Å²) in [6.07, 6.45) is 19.6. The number of unbranched alkanes of at least 4 members (excludes halogenated alkanes) is 2. The largest absolute Gasteiger partial charge is 0.207 e. The van der Waals surface area contributed by atoms with Crippen LogP contribution in [0.3, 0.4) is 0 Å². The van der Waals surface area contributed by atoms with E-state index in [1.165, 1.54) is 64.2 Å². The molecule has 3 aliphatic rings. The van der Waals surface area contributed by atoms with Gasteiger partial charge < -0.3 is 0 Å². The van der Waals surface area contributed by atoms with Gasteiger partial charge in [0.2, 0.25) is 0 Å². The van der Waals surface area contributed by atoms with E-state index in [-0.39, 0.29) is 17.2 Å². The SMILES string of the molecule is C=CCCc1c(F)cc2c(c1F)CCC(C1CCC3CC(CCCCC)CCC3C1)C2. The van der Waals surface area contributed by atoms with E-state index in [9.17, 15) is 4.39 Å². The molecule has 0 aromatic heterocycles. The molecule has 0 spiro atoms. The molecule has 0 N–H and O–H groups in total. The summed E-state index contributed by atoms with van der Waals surface area (Å²) in [7, 11) is 0. The van der Waals surface area contributed by atoms with Gasteiger partial charge in [0, 0.05) is 5.56 Å². The molecule has 3 aliphatic carbocycles. The Balaban J connectivity index is 1.35. The molecule has 2 saturated carbocycles. The Labute approximate surface area is 188 Å². The van der Waals surface area contributed by atoms with Crippen molar-refractivity contribution in [3.05, 3.63) is 47.0 Å². The third-order valence-corrected chi connectivity index (χ3v) is 9.00. The maximum Gasteiger partial charge on any atom is 0.132 e. The molecule has 1 aromatic carbocycles. The van der Waals surface area contributed by atoms with Gasteiger partial charge in [0.15, 0.2) is 0 Å². The third-order valence-electron chi connectivity index (χ3n) is 9.00. The minimum atomic E-state index is -0.344. The number of allylic oxidation sites excluding steroid dienone is 1. The zero-order valence-corrected chi connectivity index (χ0v) is 19.6. The van der Waals surface area contributed by atoms with Gasteiger partial charge in [-0.2, -0.15) is 0 Å². The van der Waals surface area contributed by atoms with Crippen molar-refractivity contribution < 1.29 is 8.78 Å². The van der Waals surface area contributed by atoms with Crippen molar-refractivity contribution in [1.29, 1.82) is 0 Å². The van der Waals surface area contributed by atoms with E-state index in [1.54, 1.807) is 12.1 Å². The van der Waals surface area contributed by atoms with Crippen LogP contribution in [0.1, 0.15) is 101 Å². The van der Waals surface area contributed by atoms with E-state index in [4.69, 9.17) is 0 Å². The molecule has 0 radical (unpaired) electrons. The van der Waals surface area contributed by atoms with Crippen molar-refractivity contribution in [3.63, 3.8) is 0 Å². The quantitative estimate of drug-likeness (QED) is 0.287. The molecule has 4 rings (SSSR count). The van der Waals surface area contributed by atoms with E-state index in [0.29, 0.717) is 18.8 Å². The molecule has 1 aromatic rings. The van der Waals surface area contributed by atoms with Crippen LogP contribution in [-0.4, -0.2) is 0 Å². The van der Waals surface area contributed by atoms with Crippen LogP contribution in [0.4, 0.5) is 8.78 Å². The average molecular weight is 429 g/mol. The van der Waals surface area contributed by atoms with E-state index >= 15 is 4.39 Å². The summed E-state index contributed by atoms with van der Waals surface area (Å²) >= 11 is 0. The number of benzene rings is 1. The standard InChI is InChI=1S/C29H42F2/c1-3-5-7-8-20-10-11-22-17-23(13-12-21(22)16-20)24-14-15-26-25(18-24)19-28(30)27(29(26)31)9-6-4-2/h4,19-24H,2-3,5-18H2,1H3. The predicted molar refractivity (Wildman–Crippen MR) is 126 cm³/mol. The number of rotatable bonds is 8. The molecule has 0 aliphatic heterocycles.